The van der Waals surface area contributed by atoms with E-state index in [-0.39, 0.29) is 24.5 Å². The summed E-state index contributed by atoms with van der Waals surface area (Å²) in [5.74, 6) is -0.128. The molecule has 7 heteroatoms. The van der Waals surface area contributed by atoms with Crippen molar-refractivity contribution in [2.24, 2.45) is 10.8 Å². The lowest BCUT2D eigenvalue weighted by Crippen LogP contribution is -2.53. The van der Waals surface area contributed by atoms with Gasteiger partial charge in [-0.15, -0.1) is 0 Å². The maximum atomic E-state index is 13.4. The van der Waals surface area contributed by atoms with Gasteiger partial charge < -0.3 is 19.2 Å². The third-order valence-electron chi connectivity index (χ3n) is 7.42. The third kappa shape index (κ3) is 2.89. The molecule has 2 heterocycles. The minimum absolute atomic E-state index is 0.0801. The Labute approximate surface area is 181 Å². The van der Waals surface area contributed by atoms with Gasteiger partial charge in [-0.05, 0) is 58.2 Å². The van der Waals surface area contributed by atoms with E-state index in [4.69, 9.17) is 13.9 Å². The van der Waals surface area contributed by atoms with Crippen LogP contribution < -0.4 is 15.7 Å². The number of ether oxygens (including phenoxy) is 2. The number of fused-ring (bicyclic) bond motifs is 3. The van der Waals surface area contributed by atoms with Gasteiger partial charge in [-0.1, -0.05) is 13.8 Å². The summed E-state index contributed by atoms with van der Waals surface area (Å²) < 4.78 is 17.1. The molecule has 2 bridgehead atoms. The molecule has 1 saturated heterocycles. The Balaban J connectivity index is 1.71. The van der Waals surface area contributed by atoms with Gasteiger partial charge in [0.1, 0.15) is 11.3 Å². The van der Waals surface area contributed by atoms with E-state index in [0.717, 1.165) is 10.9 Å². The van der Waals surface area contributed by atoms with Crippen LogP contribution in [0.15, 0.2) is 27.4 Å². The Morgan fingerprint density at radius 1 is 1.19 bits per heavy atom. The van der Waals surface area contributed by atoms with Crippen molar-refractivity contribution in [3.63, 3.8) is 0 Å². The molecule has 1 aliphatic heterocycles. The molecule has 2 aliphatic rings. The highest BCUT2D eigenvalue weighted by molar-refractivity contribution is 5.96. The van der Waals surface area contributed by atoms with Gasteiger partial charge in [-0.2, -0.15) is 0 Å². The largest absolute Gasteiger partial charge is 0.491 e. The van der Waals surface area contributed by atoms with Crippen molar-refractivity contribution < 1.29 is 23.5 Å². The van der Waals surface area contributed by atoms with Crippen LogP contribution in [-0.2, 0) is 20.9 Å². The van der Waals surface area contributed by atoms with Gasteiger partial charge in [0, 0.05) is 16.9 Å². The van der Waals surface area contributed by atoms with Crippen LogP contribution in [0.3, 0.4) is 0 Å². The second-order valence-electron chi connectivity index (χ2n) is 9.69. The summed E-state index contributed by atoms with van der Waals surface area (Å²) in [4.78, 5) is 37.9. The number of amides is 1. The first kappa shape index (κ1) is 21.4. The lowest BCUT2D eigenvalue weighted by atomic mass is 9.66. The fourth-order valence-electron chi connectivity index (χ4n) is 5.01. The third-order valence-corrected chi connectivity index (χ3v) is 7.42. The molecule has 0 radical (unpaired) electrons. The van der Waals surface area contributed by atoms with Gasteiger partial charge >= 0.3 is 11.6 Å². The average molecular weight is 427 g/mol. The molecule has 1 aromatic carbocycles. The predicted octanol–water partition coefficient (Wildman–Crippen LogP) is 3.63. The van der Waals surface area contributed by atoms with Crippen molar-refractivity contribution in [3.8, 4) is 5.75 Å². The summed E-state index contributed by atoms with van der Waals surface area (Å²) in [6.07, 6.45) is 0.982. The first-order valence-electron chi connectivity index (χ1n) is 10.7. The molecule has 166 valence electrons. The highest BCUT2D eigenvalue weighted by Gasteiger charge is 2.75. The molecule has 4 rings (SSSR count). The van der Waals surface area contributed by atoms with Crippen LogP contribution in [-0.4, -0.2) is 23.6 Å². The van der Waals surface area contributed by atoms with E-state index in [1.54, 1.807) is 0 Å². The normalized spacial score (nSPS) is 26.4. The molecule has 2 aromatic rings. The first-order chi connectivity index (χ1) is 14.4. The van der Waals surface area contributed by atoms with Crippen molar-refractivity contribution in [2.75, 3.05) is 0 Å². The highest BCUT2D eigenvalue weighted by atomic mass is 16.6. The van der Waals surface area contributed by atoms with Crippen molar-refractivity contribution in [1.29, 1.82) is 0 Å². The number of hydrogen-bond acceptors (Lipinski definition) is 6. The molecule has 1 amide bonds. The smallest absolute Gasteiger partial charge is 0.336 e. The summed E-state index contributed by atoms with van der Waals surface area (Å²) in [5.41, 5.74) is -1.24. The Kier molecular flexibility index (Phi) is 4.72. The summed E-state index contributed by atoms with van der Waals surface area (Å²) in [5, 5.41) is 3.72. The second kappa shape index (κ2) is 6.84. The Bertz CT molecular complexity index is 1150. The SMILES string of the molecule is Cc1cc(=O)oc2c(CNC(=O)[C@@]34CC[C@@](C)(C(=O)O3)C4(C)C)c(OC(C)C)ccc12. The van der Waals surface area contributed by atoms with Crippen molar-refractivity contribution in [1.82, 2.24) is 5.32 Å². The molecule has 2 fully saturated rings. The topological polar surface area (TPSA) is 94.8 Å². The van der Waals surface area contributed by atoms with Crippen LogP contribution in [0.1, 0.15) is 58.6 Å². The van der Waals surface area contributed by atoms with Crippen LogP contribution in [0, 0.1) is 17.8 Å². The van der Waals surface area contributed by atoms with Gasteiger partial charge in [-0.25, -0.2) is 4.79 Å². The molecule has 31 heavy (non-hydrogen) atoms. The van der Waals surface area contributed by atoms with E-state index >= 15 is 0 Å². The molecule has 2 atom stereocenters. The number of rotatable bonds is 5. The monoisotopic (exact) mass is 427 g/mol. The molecule has 1 N–H and O–H groups in total. The molecular weight excluding hydrogens is 398 g/mol. The van der Waals surface area contributed by atoms with Crippen LogP contribution in [0.25, 0.3) is 11.0 Å². The number of benzene rings is 1. The molecule has 1 aliphatic carbocycles. The van der Waals surface area contributed by atoms with Crippen LogP contribution in [0.4, 0.5) is 0 Å². The van der Waals surface area contributed by atoms with Gasteiger partial charge in [0.25, 0.3) is 5.91 Å². The number of aryl methyl sites for hydroxylation is 1. The Morgan fingerprint density at radius 3 is 2.48 bits per heavy atom. The number of hydrogen-bond donors (Lipinski definition) is 1. The summed E-state index contributed by atoms with van der Waals surface area (Å²) >= 11 is 0. The maximum Gasteiger partial charge on any atom is 0.336 e. The molecule has 0 spiro atoms. The molecule has 1 aromatic heterocycles. The van der Waals surface area contributed by atoms with E-state index in [1.807, 2.05) is 53.7 Å². The number of esters is 1. The number of carbonyl (C=O) groups is 2. The fraction of sp³-hybridized carbons (Fsp3) is 0.542. The van der Waals surface area contributed by atoms with E-state index in [9.17, 15) is 14.4 Å². The molecule has 1 saturated carbocycles. The highest BCUT2D eigenvalue weighted by Crippen LogP contribution is 2.65. The van der Waals surface area contributed by atoms with Crippen molar-refractivity contribution in [2.45, 2.75) is 72.6 Å². The zero-order valence-electron chi connectivity index (χ0n) is 18.9. The van der Waals surface area contributed by atoms with E-state index in [2.05, 4.69) is 5.32 Å². The summed E-state index contributed by atoms with van der Waals surface area (Å²) in [6, 6.07) is 5.10. The minimum atomic E-state index is -1.21. The maximum absolute atomic E-state index is 13.4. The zero-order chi connectivity index (χ0) is 22.8. The van der Waals surface area contributed by atoms with Gasteiger partial charge in [0.2, 0.25) is 0 Å². The minimum Gasteiger partial charge on any atom is -0.491 e. The van der Waals surface area contributed by atoms with Crippen LogP contribution >= 0.6 is 0 Å². The molecular formula is C24H29NO6. The average Bonchev–Trinajstić information content (AvgIpc) is 2.96. The van der Waals surface area contributed by atoms with Crippen molar-refractivity contribution in [3.05, 3.63) is 39.7 Å². The quantitative estimate of drug-likeness (QED) is 0.578. The van der Waals surface area contributed by atoms with Gasteiger partial charge in [0.05, 0.1) is 23.6 Å². The first-order valence-corrected chi connectivity index (χ1v) is 10.7. The molecule has 7 nitrogen and oxygen atoms in total. The zero-order valence-corrected chi connectivity index (χ0v) is 18.9. The summed E-state index contributed by atoms with van der Waals surface area (Å²) in [6.45, 7) is 11.4. The van der Waals surface area contributed by atoms with Crippen molar-refractivity contribution >= 4 is 22.8 Å². The van der Waals surface area contributed by atoms with Gasteiger partial charge in [-0.3, -0.25) is 9.59 Å². The summed E-state index contributed by atoms with van der Waals surface area (Å²) in [7, 11) is 0. The standard InChI is InChI=1S/C24H29NO6/c1-13(2)29-17-8-7-15-14(3)11-18(26)30-19(15)16(17)12-25-20(27)24-10-9-23(6,21(28)31-24)22(24,4)5/h7-8,11,13H,9-10,12H2,1-6H3,(H,25,27)/t23-,24+/m0/s1. The lowest BCUT2D eigenvalue weighted by molar-refractivity contribution is -0.168. The van der Waals surface area contributed by atoms with E-state index < -0.39 is 22.1 Å². The van der Waals surface area contributed by atoms with Crippen LogP contribution in [0.5, 0.6) is 5.75 Å². The van der Waals surface area contributed by atoms with Gasteiger partial charge in [0.15, 0.2) is 5.60 Å². The van der Waals surface area contributed by atoms with Crippen LogP contribution in [0.2, 0.25) is 0 Å². The second-order valence-corrected chi connectivity index (χ2v) is 9.69. The predicted molar refractivity (Wildman–Crippen MR) is 115 cm³/mol. The Morgan fingerprint density at radius 2 is 1.90 bits per heavy atom. The number of carbonyl (C=O) groups excluding carboxylic acids is 2. The molecule has 0 unspecified atom stereocenters. The van der Waals surface area contributed by atoms with E-state index in [1.165, 1.54) is 6.07 Å². The fourth-order valence-corrected chi connectivity index (χ4v) is 5.01. The Hall–Kier alpha value is -2.83. The lowest BCUT2D eigenvalue weighted by Gasteiger charge is -2.35. The number of nitrogens with one attached hydrogen (secondary N) is 1. The van der Waals surface area contributed by atoms with E-state index in [0.29, 0.717) is 29.7 Å².